The van der Waals surface area contributed by atoms with Gasteiger partial charge >= 0.3 is 0 Å². The lowest BCUT2D eigenvalue weighted by atomic mass is 10.1. The topological polar surface area (TPSA) is 29.4 Å². The zero-order chi connectivity index (χ0) is 9.84. The molecule has 0 aliphatic carbocycles. The van der Waals surface area contributed by atoms with Gasteiger partial charge in [0, 0.05) is 40.9 Å². The van der Waals surface area contributed by atoms with Crippen molar-refractivity contribution in [3.05, 3.63) is 35.4 Å². The van der Waals surface area contributed by atoms with Crippen LogP contribution in [0.1, 0.15) is 22.8 Å². The van der Waals surface area contributed by atoms with Crippen LogP contribution in [-0.2, 0) is 0 Å². The largest absolute Gasteiger partial charge is 0.293 e. The van der Waals surface area contributed by atoms with E-state index in [9.17, 15) is 4.79 Å². The van der Waals surface area contributed by atoms with Gasteiger partial charge < -0.3 is 0 Å². The van der Waals surface area contributed by atoms with E-state index in [0.717, 1.165) is 16.8 Å². The van der Waals surface area contributed by atoms with Gasteiger partial charge in [0.1, 0.15) is 0 Å². The average Bonchev–Trinajstić information content (AvgIpc) is 2.17. The van der Waals surface area contributed by atoms with Gasteiger partial charge in [-0.25, -0.2) is 0 Å². The summed E-state index contributed by atoms with van der Waals surface area (Å²) in [5.41, 5.74) is 2.77. The number of halogens is 1. The van der Waals surface area contributed by atoms with Crippen molar-refractivity contribution in [2.75, 3.05) is 7.05 Å². The molecule has 1 rings (SSSR count). The Morgan fingerprint density at radius 1 is 1.23 bits per heavy atom. The fourth-order valence-electron chi connectivity index (χ4n) is 0.972. The summed E-state index contributed by atoms with van der Waals surface area (Å²) in [6.07, 6.45) is 0. The summed E-state index contributed by atoms with van der Waals surface area (Å²) in [5.74, 6) is 0. The zero-order valence-corrected chi connectivity index (χ0v) is 9.70. The van der Waals surface area contributed by atoms with Gasteiger partial charge in [-0.2, -0.15) is 0 Å². The highest BCUT2D eigenvalue weighted by Gasteiger charge is 2.01. The van der Waals surface area contributed by atoms with Crippen LogP contribution < -0.4 is 0 Å². The molecule has 1 aromatic carbocycles. The molecule has 0 atom stereocenters. The van der Waals surface area contributed by atoms with Crippen LogP contribution in [0, 0.1) is 0 Å². The van der Waals surface area contributed by atoms with Gasteiger partial charge in [0.15, 0.2) is 0 Å². The normalized spacial score (nSPS) is 11.5. The molecular formula is C10H10INO. The van der Waals surface area contributed by atoms with Gasteiger partial charge in [0.2, 0.25) is 3.79 Å². The van der Waals surface area contributed by atoms with E-state index in [1.54, 1.807) is 29.6 Å². The second kappa shape index (κ2) is 4.50. The van der Waals surface area contributed by atoms with Gasteiger partial charge in [-0.05, 0) is 24.6 Å². The Hall–Kier alpha value is -0.710. The molecule has 0 saturated heterocycles. The first-order valence-electron chi connectivity index (χ1n) is 3.89. The highest BCUT2D eigenvalue weighted by Crippen LogP contribution is 2.09. The first-order chi connectivity index (χ1) is 6.15. The van der Waals surface area contributed by atoms with Gasteiger partial charge in [-0.1, -0.05) is 12.1 Å². The number of carbonyl (C=O) groups is 1. The molecule has 2 nitrogen and oxygen atoms in total. The number of carbonyl (C=O) groups excluding carboxylic acids is 1. The minimum absolute atomic E-state index is 0.0650. The van der Waals surface area contributed by atoms with Crippen molar-refractivity contribution >= 4 is 32.1 Å². The molecule has 0 spiro atoms. The number of hydrogen-bond acceptors (Lipinski definition) is 2. The molecule has 0 aliphatic rings. The number of nitrogens with zero attached hydrogens (tertiary/aromatic N) is 1. The standard InChI is InChI=1S/C10H10INO/c1-7(12-2)8-3-5-9(6-4-8)10(11)13/h3-6H,1-2H3. The molecule has 3 heteroatoms. The molecule has 0 radical (unpaired) electrons. The van der Waals surface area contributed by atoms with Crippen LogP contribution in [-0.4, -0.2) is 16.5 Å². The maximum Gasteiger partial charge on any atom is 0.222 e. The maximum atomic E-state index is 11.0. The maximum absolute atomic E-state index is 11.0. The molecule has 1 aromatic rings. The van der Waals surface area contributed by atoms with Crippen molar-refractivity contribution in [3.63, 3.8) is 0 Å². The highest BCUT2D eigenvalue weighted by atomic mass is 127. The van der Waals surface area contributed by atoms with Crippen molar-refractivity contribution in [3.8, 4) is 0 Å². The van der Waals surface area contributed by atoms with E-state index >= 15 is 0 Å². The van der Waals surface area contributed by atoms with Crippen LogP contribution in [0.3, 0.4) is 0 Å². The van der Waals surface area contributed by atoms with E-state index in [1.807, 2.05) is 31.2 Å². The molecule has 0 N–H and O–H groups in total. The first kappa shape index (κ1) is 10.4. The van der Waals surface area contributed by atoms with E-state index in [1.165, 1.54) is 0 Å². The Kier molecular flexibility index (Phi) is 3.59. The molecule has 68 valence electrons. The number of rotatable bonds is 2. The minimum Gasteiger partial charge on any atom is -0.293 e. The lowest BCUT2D eigenvalue weighted by Gasteiger charge is -1.99. The SMILES string of the molecule is CN=C(C)c1ccc(C(=O)I)cc1. The van der Waals surface area contributed by atoms with E-state index in [4.69, 9.17) is 0 Å². The molecule has 0 saturated carbocycles. The third-order valence-corrected chi connectivity index (χ3v) is 2.49. The van der Waals surface area contributed by atoms with Gasteiger partial charge in [-0.15, -0.1) is 0 Å². The summed E-state index contributed by atoms with van der Waals surface area (Å²) in [5, 5.41) is 0. The lowest BCUT2D eigenvalue weighted by molar-refractivity contribution is 0.110. The minimum atomic E-state index is 0.0650. The third-order valence-electron chi connectivity index (χ3n) is 1.87. The summed E-state index contributed by atoms with van der Waals surface area (Å²) in [6.45, 7) is 1.95. The summed E-state index contributed by atoms with van der Waals surface area (Å²) in [4.78, 5) is 15.0. The van der Waals surface area contributed by atoms with Crippen molar-refractivity contribution < 1.29 is 4.79 Å². The smallest absolute Gasteiger partial charge is 0.222 e. The Balaban J connectivity index is 3.00. The van der Waals surface area contributed by atoms with Crippen molar-refractivity contribution in [1.82, 2.24) is 0 Å². The molecule has 0 fully saturated rings. The molecule has 0 aromatic heterocycles. The molecule has 0 unspecified atom stereocenters. The quantitative estimate of drug-likeness (QED) is 0.467. The second-order valence-corrected chi connectivity index (χ2v) is 3.64. The van der Waals surface area contributed by atoms with Crippen LogP contribution in [0.15, 0.2) is 29.3 Å². The Morgan fingerprint density at radius 3 is 2.08 bits per heavy atom. The molecule has 0 aliphatic heterocycles. The highest BCUT2D eigenvalue weighted by molar-refractivity contribution is 14.1. The van der Waals surface area contributed by atoms with E-state index in [0.29, 0.717) is 0 Å². The van der Waals surface area contributed by atoms with Crippen molar-refractivity contribution in [2.24, 2.45) is 4.99 Å². The third kappa shape index (κ3) is 2.62. The monoisotopic (exact) mass is 287 g/mol. The van der Waals surface area contributed by atoms with Gasteiger partial charge in [-0.3, -0.25) is 9.79 Å². The Morgan fingerprint density at radius 2 is 1.69 bits per heavy atom. The molecule has 0 amide bonds. The van der Waals surface area contributed by atoms with E-state index < -0.39 is 0 Å². The predicted molar refractivity (Wildman–Crippen MR) is 62.9 cm³/mol. The molecule has 0 heterocycles. The summed E-state index contributed by atoms with van der Waals surface area (Å²) >= 11 is 1.78. The predicted octanol–water partition coefficient (Wildman–Crippen LogP) is 2.70. The Bertz CT molecular complexity index is 340. The van der Waals surface area contributed by atoms with Crippen LogP contribution >= 0.6 is 22.6 Å². The van der Waals surface area contributed by atoms with Crippen molar-refractivity contribution in [1.29, 1.82) is 0 Å². The Labute approximate surface area is 91.2 Å². The molecule has 13 heavy (non-hydrogen) atoms. The first-order valence-corrected chi connectivity index (χ1v) is 4.96. The fourth-order valence-corrected chi connectivity index (χ4v) is 1.33. The molecule has 0 bridgehead atoms. The summed E-state index contributed by atoms with van der Waals surface area (Å²) in [6, 6.07) is 7.46. The van der Waals surface area contributed by atoms with Crippen LogP contribution in [0.2, 0.25) is 0 Å². The van der Waals surface area contributed by atoms with Gasteiger partial charge in [0.05, 0.1) is 0 Å². The van der Waals surface area contributed by atoms with E-state index in [2.05, 4.69) is 4.99 Å². The lowest BCUT2D eigenvalue weighted by Crippen LogP contribution is -1.95. The van der Waals surface area contributed by atoms with Crippen LogP contribution in [0.4, 0.5) is 0 Å². The van der Waals surface area contributed by atoms with E-state index in [-0.39, 0.29) is 3.79 Å². The van der Waals surface area contributed by atoms with Crippen molar-refractivity contribution in [2.45, 2.75) is 6.92 Å². The van der Waals surface area contributed by atoms with Crippen LogP contribution in [0.5, 0.6) is 0 Å². The number of benzene rings is 1. The average molecular weight is 287 g/mol. The zero-order valence-electron chi connectivity index (χ0n) is 7.54. The summed E-state index contributed by atoms with van der Waals surface area (Å²) < 4.78 is 0.0650. The summed E-state index contributed by atoms with van der Waals surface area (Å²) in [7, 11) is 1.76. The fraction of sp³-hybridized carbons (Fsp3) is 0.200. The van der Waals surface area contributed by atoms with Crippen LogP contribution in [0.25, 0.3) is 0 Å². The van der Waals surface area contributed by atoms with Gasteiger partial charge in [0.25, 0.3) is 0 Å². The molecular weight excluding hydrogens is 277 g/mol. The number of aliphatic imine (C=N–C) groups is 1. The second-order valence-electron chi connectivity index (χ2n) is 2.66. The number of hydrogen-bond donors (Lipinski definition) is 0.